The lowest BCUT2D eigenvalue weighted by Gasteiger charge is -2.19. The number of urea groups is 1. The average Bonchev–Trinajstić information content (AvgIpc) is 3.12. The summed E-state index contributed by atoms with van der Waals surface area (Å²) in [6.45, 7) is 2.00. The van der Waals surface area contributed by atoms with E-state index >= 15 is 0 Å². The van der Waals surface area contributed by atoms with Gasteiger partial charge in [-0.15, -0.1) is 0 Å². The quantitative estimate of drug-likeness (QED) is 0.804. The first-order valence-electron chi connectivity index (χ1n) is 8.61. The minimum atomic E-state index is -0.718. The summed E-state index contributed by atoms with van der Waals surface area (Å²) in [5, 5.41) is 5.34. The molecular formula is C18H22FN3O3. The summed E-state index contributed by atoms with van der Waals surface area (Å²) in [7, 11) is 0. The SMILES string of the molecule is Cc1ccc(F)c(NC(=O)CCCN2C(=O)NC3(CCCC3)C2=O)c1. The van der Waals surface area contributed by atoms with Crippen molar-refractivity contribution in [3.63, 3.8) is 0 Å². The fourth-order valence-electron chi connectivity index (χ4n) is 3.54. The highest BCUT2D eigenvalue weighted by Gasteiger charge is 2.51. The molecule has 2 N–H and O–H groups in total. The third-order valence-corrected chi connectivity index (χ3v) is 4.88. The first-order chi connectivity index (χ1) is 11.9. The molecule has 134 valence electrons. The maximum absolute atomic E-state index is 13.6. The molecule has 1 saturated heterocycles. The molecular weight excluding hydrogens is 325 g/mol. The van der Waals surface area contributed by atoms with Gasteiger partial charge in [-0.3, -0.25) is 14.5 Å². The molecule has 0 atom stereocenters. The van der Waals surface area contributed by atoms with Gasteiger partial charge in [-0.1, -0.05) is 18.9 Å². The van der Waals surface area contributed by atoms with Gasteiger partial charge in [-0.05, 0) is 43.9 Å². The predicted octanol–water partition coefficient (Wildman–Crippen LogP) is 2.72. The Morgan fingerprint density at radius 2 is 2.04 bits per heavy atom. The number of benzene rings is 1. The molecule has 1 aliphatic carbocycles. The molecule has 2 fully saturated rings. The van der Waals surface area contributed by atoms with Crippen molar-refractivity contribution in [3.8, 4) is 0 Å². The van der Waals surface area contributed by atoms with Gasteiger partial charge in [0.05, 0.1) is 5.69 Å². The van der Waals surface area contributed by atoms with Crippen molar-refractivity contribution >= 4 is 23.5 Å². The van der Waals surface area contributed by atoms with Crippen molar-refractivity contribution < 1.29 is 18.8 Å². The van der Waals surface area contributed by atoms with Gasteiger partial charge in [0.15, 0.2) is 0 Å². The summed E-state index contributed by atoms with van der Waals surface area (Å²) >= 11 is 0. The number of hydrogen-bond acceptors (Lipinski definition) is 3. The van der Waals surface area contributed by atoms with Gasteiger partial charge >= 0.3 is 6.03 Å². The molecule has 1 spiro atoms. The van der Waals surface area contributed by atoms with Crippen LogP contribution < -0.4 is 10.6 Å². The van der Waals surface area contributed by atoms with E-state index in [1.54, 1.807) is 12.1 Å². The topological polar surface area (TPSA) is 78.5 Å². The van der Waals surface area contributed by atoms with Crippen LogP contribution in [0.1, 0.15) is 44.1 Å². The molecule has 0 radical (unpaired) electrons. The van der Waals surface area contributed by atoms with Crippen LogP contribution in [0.15, 0.2) is 18.2 Å². The van der Waals surface area contributed by atoms with E-state index in [0.29, 0.717) is 19.3 Å². The molecule has 0 aromatic heterocycles. The number of halogens is 1. The standard InChI is InChI=1S/C18H22FN3O3/c1-12-6-7-13(19)14(11-12)20-15(23)5-4-10-22-16(24)18(21-17(22)25)8-2-3-9-18/h6-7,11H,2-5,8-10H2,1H3,(H,20,23)(H,21,25). The first kappa shape index (κ1) is 17.4. The lowest BCUT2D eigenvalue weighted by Crippen LogP contribution is -2.44. The molecule has 6 nitrogen and oxygen atoms in total. The van der Waals surface area contributed by atoms with Crippen molar-refractivity contribution in [3.05, 3.63) is 29.6 Å². The summed E-state index contributed by atoms with van der Waals surface area (Å²) in [5.74, 6) is -1.01. The van der Waals surface area contributed by atoms with Crippen LogP contribution in [0.3, 0.4) is 0 Å². The lowest BCUT2D eigenvalue weighted by atomic mass is 9.98. The van der Waals surface area contributed by atoms with Crippen molar-refractivity contribution in [1.82, 2.24) is 10.2 Å². The molecule has 0 unspecified atom stereocenters. The minimum Gasteiger partial charge on any atom is -0.324 e. The zero-order valence-corrected chi connectivity index (χ0v) is 14.2. The number of carbonyl (C=O) groups is 3. The second kappa shape index (κ2) is 6.82. The fourth-order valence-corrected chi connectivity index (χ4v) is 3.54. The number of nitrogens with one attached hydrogen (secondary N) is 2. The zero-order chi connectivity index (χ0) is 18.0. The van der Waals surface area contributed by atoms with E-state index in [9.17, 15) is 18.8 Å². The highest BCUT2D eigenvalue weighted by molar-refractivity contribution is 6.07. The third-order valence-electron chi connectivity index (χ3n) is 4.88. The van der Waals surface area contributed by atoms with Crippen LogP contribution in [0.2, 0.25) is 0 Å². The Morgan fingerprint density at radius 1 is 1.32 bits per heavy atom. The van der Waals surface area contributed by atoms with Gasteiger partial charge in [0.25, 0.3) is 5.91 Å². The number of anilines is 1. The number of hydrogen-bond donors (Lipinski definition) is 2. The van der Waals surface area contributed by atoms with Gasteiger partial charge in [-0.2, -0.15) is 0 Å². The number of rotatable bonds is 5. The van der Waals surface area contributed by atoms with Gasteiger partial charge in [-0.25, -0.2) is 9.18 Å². The van der Waals surface area contributed by atoms with E-state index in [1.165, 1.54) is 11.0 Å². The number of imide groups is 1. The molecule has 1 aromatic rings. The minimum absolute atomic E-state index is 0.109. The van der Waals surface area contributed by atoms with Crippen LogP contribution in [-0.2, 0) is 9.59 Å². The van der Waals surface area contributed by atoms with Gasteiger partial charge in [0.2, 0.25) is 5.91 Å². The monoisotopic (exact) mass is 347 g/mol. The van der Waals surface area contributed by atoms with Crippen molar-refractivity contribution in [2.75, 3.05) is 11.9 Å². The second-order valence-electron chi connectivity index (χ2n) is 6.81. The Kier molecular flexibility index (Phi) is 4.74. The Bertz CT molecular complexity index is 714. The summed E-state index contributed by atoms with van der Waals surface area (Å²) < 4.78 is 13.6. The summed E-state index contributed by atoms with van der Waals surface area (Å²) in [6.07, 6.45) is 3.68. The van der Waals surface area contributed by atoms with Crippen LogP contribution >= 0.6 is 0 Å². The molecule has 7 heteroatoms. The number of carbonyl (C=O) groups excluding carboxylic acids is 3. The average molecular weight is 347 g/mol. The molecule has 1 saturated carbocycles. The van der Waals surface area contributed by atoms with Gasteiger partial charge in [0.1, 0.15) is 11.4 Å². The molecule has 1 aliphatic heterocycles. The second-order valence-corrected chi connectivity index (χ2v) is 6.81. The van der Waals surface area contributed by atoms with E-state index in [0.717, 1.165) is 18.4 Å². The van der Waals surface area contributed by atoms with Crippen molar-refractivity contribution in [2.45, 2.75) is 51.0 Å². The van der Waals surface area contributed by atoms with E-state index < -0.39 is 11.4 Å². The summed E-state index contributed by atoms with van der Waals surface area (Å²) in [4.78, 5) is 37.7. The van der Waals surface area contributed by atoms with Crippen LogP contribution in [-0.4, -0.2) is 34.8 Å². The molecule has 2 aliphatic rings. The van der Waals surface area contributed by atoms with E-state index in [-0.39, 0.29) is 36.5 Å². The number of amides is 4. The van der Waals surface area contributed by atoms with Crippen molar-refractivity contribution in [2.24, 2.45) is 0 Å². The lowest BCUT2D eigenvalue weighted by molar-refractivity contribution is -0.131. The Labute approximate surface area is 145 Å². The van der Waals surface area contributed by atoms with Crippen LogP contribution in [0.5, 0.6) is 0 Å². The van der Waals surface area contributed by atoms with Crippen LogP contribution in [0.4, 0.5) is 14.9 Å². The zero-order valence-electron chi connectivity index (χ0n) is 14.2. The van der Waals surface area contributed by atoms with Crippen molar-refractivity contribution in [1.29, 1.82) is 0 Å². The Morgan fingerprint density at radius 3 is 2.76 bits per heavy atom. The largest absolute Gasteiger partial charge is 0.325 e. The van der Waals surface area contributed by atoms with Gasteiger partial charge < -0.3 is 10.6 Å². The normalized spacial score (nSPS) is 18.7. The Hall–Kier alpha value is -2.44. The fraction of sp³-hybridized carbons (Fsp3) is 0.500. The molecule has 1 heterocycles. The van der Waals surface area contributed by atoms with E-state index in [1.807, 2.05) is 6.92 Å². The molecule has 4 amide bonds. The first-order valence-corrected chi connectivity index (χ1v) is 8.61. The molecule has 1 aromatic carbocycles. The predicted molar refractivity (Wildman–Crippen MR) is 90.4 cm³/mol. The highest BCUT2D eigenvalue weighted by Crippen LogP contribution is 2.35. The van der Waals surface area contributed by atoms with Crippen LogP contribution in [0, 0.1) is 12.7 Å². The van der Waals surface area contributed by atoms with Crippen LogP contribution in [0.25, 0.3) is 0 Å². The maximum Gasteiger partial charge on any atom is 0.325 e. The summed E-state index contributed by atoms with van der Waals surface area (Å²) in [6, 6.07) is 4.12. The highest BCUT2D eigenvalue weighted by atomic mass is 19.1. The van der Waals surface area contributed by atoms with E-state index in [4.69, 9.17) is 0 Å². The Balaban J connectivity index is 1.51. The molecule has 3 rings (SSSR count). The number of nitrogens with zero attached hydrogens (tertiary/aromatic N) is 1. The van der Waals surface area contributed by atoms with E-state index in [2.05, 4.69) is 10.6 Å². The maximum atomic E-state index is 13.6. The smallest absolute Gasteiger partial charge is 0.324 e. The molecule has 25 heavy (non-hydrogen) atoms. The molecule has 0 bridgehead atoms. The number of aryl methyl sites for hydroxylation is 1. The third kappa shape index (κ3) is 3.50. The van der Waals surface area contributed by atoms with Gasteiger partial charge in [0, 0.05) is 13.0 Å². The summed E-state index contributed by atoms with van der Waals surface area (Å²) in [5.41, 5.74) is 0.270.